The van der Waals surface area contributed by atoms with Crippen molar-refractivity contribution in [3.8, 4) is 5.69 Å². The second-order valence-corrected chi connectivity index (χ2v) is 8.70. The van der Waals surface area contributed by atoms with Gasteiger partial charge in [-0.25, -0.2) is 9.67 Å². The topological polar surface area (TPSA) is 110 Å². The largest absolute Gasteiger partial charge is 0.327 e. The Labute approximate surface area is 192 Å². The molecule has 0 aliphatic rings. The molecule has 2 N–H and O–H groups in total. The van der Waals surface area contributed by atoms with Crippen molar-refractivity contribution in [3.63, 3.8) is 0 Å². The summed E-state index contributed by atoms with van der Waals surface area (Å²) in [5.74, 6) is 0.0841. The number of hydrogen-bond acceptors (Lipinski definition) is 6. The second-order valence-electron chi connectivity index (χ2n) is 7.53. The first-order valence-corrected chi connectivity index (χ1v) is 11.4. The Morgan fingerprint density at radius 3 is 2.67 bits per heavy atom. The number of rotatable bonds is 6. The van der Waals surface area contributed by atoms with Crippen LogP contribution in [-0.2, 0) is 11.8 Å². The van der Waals surface area contributed by atoms with Gasteiger partial charge >= 0.3 is 0 Å². The fourth-order valence-corrected chi connectivity index (χ4v) is 4.55. The van der Waals surface area contributed by atoms with E-state index >= 15 is 0 Å². The molecule has 0 aliphatic carbocycles. The summed E-state index contributed by atoms with van der Waals surface area (Å²) in [6.45, 7) is 1.91. The van der Waals surface area contributed by atoms with Gasteiger partial charge in [-0.05, 0) is 24.6 Å². The van der Waals surface area contributed by atoms with Gasteiger partial charge in [0.1, 0.15) is 11.3 Å². The Morgan fingerprint density at radius 2 is 1.88 bits per heavy atom. The summed E-state index contributed by atoms with van der Waals surface area (Å²) in [7, 11) is 1.94. The van der Waals surface area contributed by atoms with Crippen molar-refractivity contribution in [2.24, 2.45) is 7.05 Å². The number of carbonyl (C=O) groups is 1. The van der Waals surface area contributed by atoms with E-state index < -0.39 is 5.25 Å². The summed E-state index contributed by atoms with van der Waals surface area (Å²) in [6, 6.07) is 18.5. The minimum absolute atomic E-state index is 0.246. The summed E-state index contributed by atoms with van der Waals surface area (Å²) in [4.78, 5) is 29.9. The normalized spacial score (nSPS) is 12.3. The number of para-hydroxylation sites is 2. The first-order valence-electron chi connectivity index (χ1n) is 10.5. The molecule has 10 heteroatoms. The van der Waals surface area contributed by atoms with E-state index in [9.17, 15) is 9.59 Å². The van der Waals surface area contributed by atoms with Crippen molar-refractivity contribution in [2.75, 3.05) is 5.32 Å². The Bertz CT molecular complexity index is 1520. The lowest BCUT2D eigenvalue weighted by Crippen LogP contribution is -2.25. The molecule has 0 spiro atoms. The Balaban J connectivity index is 1.37. The highest BCUT2D eigenvalue weighted by Crippen LogP contribution is 2.28. The number of fused-ring (bicyclic) bond motifs is 3. The highest BCUT2D eigenvalue weighted by molar-refractivity contribution is 8.00. The van der Waals surface area contributed by atoms with Gasteiger partial charge in [0.05, 0.1) is 16.5 Å². The lowest BCUT2D eigenvalue weighted by Gasteiger charge is -2.12. The fraction of sp³-hybridized carbons (Fsp3) is 0.174. The molecule has 0 bridgehead atoms. The summed E-state index contributed by atoms with van der Waals surface area (Å²) in [5.41, 5.74) is 2.90. The monoisotopic (exact) mass is 459 g/mol. The van der Waals surface area contributed by atoms with E-state index in [0.29, 0.717) is 28.7 Å². The standard InChI is InChI=1S/C23H21N7O2S/c1-3-17(22(32)24-18-13-19(31)30(28-18)14-9-5-4-6-10-14)33-23-25-21-20(26-27-23)15-11-7-8-12-16(15)29(21)2/h4-13,17,28H,3H2,1-2H3,(H,24,32). The SMILES string of the molecule is CCC(Sc1nnc2c3ccccc3n(C)c2n1)C(=O)Nc1cc(=O)n(-c2ccccc2)[nH]1. The molecule has 0 fully saturated rings. The van der Waals surface area contributed by atoms with E-state index in [4.69, 9.17) is 0 Å². The molecule has 3 aromatic heterocycles. The van der Waals surface area contributed by atoms with Crippen molar-refractivity contribution in [1.29, 1.82) is 0 Å². The van der Waals surface area contributed by atoms with Gasteiger partial charge in [0.25, 0.3) is 5.56 Å². The third-order valence-corrected chi connectivity index (χ3v) is 6.61. The molecule has 0 radical (unpaired) electrons. The predicted molar refractivity (Wildman–Crippen MR) is 129 cm³/mol. The van der Waals surface area contributed by atoms with Gasteiger partial charge in [-0.1, -0.05) is 55.1 Å². The first kappa shape index (κ1) is 21.0. The Morgan fingerprint density at radius 1 is 1.12 bits per heavy atom. The number of aryl methyl sites for hydroxylation is 1. The molecule has 0 saturated carbocycles. The van der Waals surface area contributed by atoms with Gasteiger partial charge in [0, 0.05) is 18.5 Å². The average molecular weight is 460 g/mol. The molecule has 5 rings (SSSR count). The van der Waals surface area contributed by atoms with E-state index in [1.54, 1.807) is 0 Å². The van der Waals surface area contributed by atoms with Crippen LogP contribution in [0.1, 0.15) is 13.3 Å². The molecule has 2 aromatic carbocycles. The number of H-pyrrole nitrogens is 1. The second kappa shape index (κ2) is 8.55. The molecular weight excluding hydrogens is 438 g/mol. The van der Waals surface area contributed by atoms with Gasteiger partial charge in [-0.15, -0.1) is 10.2 Å². The van der Waals surface area contributed by atoms with Crippen LogP contribution in [0.15, 0.2) is 70.6 Å². The van der Waals surface area contributed by atoms with Gasteiger partial charge in [0.15, 0.2) is 5.65 Å². The highest BCUT2D eigenvalue weighted by atomic mass is 32.2. The number of amides is 1. The number of anilines is 1. The molecule has 0 saturated heterocycles. The zero-order chi connectivity index (χ0) is 22.9. The lowest BCUT2D eigenvalue weighted by atomic mass is 10.2. The van der Waals surface area contributed by atoms with Crippen molar-refractivity contribution in [3.05, 3.63) is 71.0 Å². The van der Waals surface area contributed by atoms with E-state index in [1.165, 1.54) is 22.5 Å². The van der Waals surface area contributed by atoms with E-state index in [2.05, 4.69) is 25.6 Å². The maximum Gasteiger partial charge on any atom is 0.273 e. The number of hydrogen-bond donors (Lipinski definition) is 2. The van der Waals surface area contributed by atoms with Crippen LogP contribution in [0.2, 0.25) is 0 Å². The average Bonchev–Trinajstić information content (AvgIpc) is 3.35. The molecule has 0 aliphatic heterocycles. The minimum Gasteiger partial charge on any atom is -0.327 e. The van der Waals surface area contributed by atoms with Crippen LogP contribution in [0, 0.1) is 0 Å². The zero-order valence-corrected chi connectivity index (χ0v) is 18.8. The molecule has 166 valence electrons. The Hall–Kier alpha value is -3.92. The molecule has 1 unspecified atom stereocenters. The van der Waals surface area contributed by atoms with E-state index in [-0.39, 0.29) is 11.5 Å². The number of aromatic amines is 1. The molecule has 9 nitrogen and oxygen atoms in total. The van der Waals surface area contributed by atoms with Crippen LogP contribution < -0.4 is 10.9 Å². The zero-order valence-electron chi connectivity index (χ0n) is 18.0. The maximum atomic E-state index is 12.9. The van der Waals surface area contributed by atoms with Gasteiger partial charge in [0.2, 0.25) is 11.1 Å². The summed E-state index contributed by atoms with van der Waals surface area (Å²) < 4.78 is 3.35. The Kier molecular flexibility index (Phi) is 5.43. The summed E-state index contributed by atoms with van der Waals surface area (Å²) >= 11 is 1.25. The van der Waals surface area contributed by atoms with Crippen molar-refractivity contribution in [2.45, 2.75) is 23.8 Å². The van der Waals surface area contributed by atoms with Gasteiger partial charge in [-0.3, -0.25) is 14.7 Å². The third kappa shape index (κ3) is 3.89. The molecule has 5 aromatic rings. The summed E-state index contributed by atoms with van der Waals surface area (Å²) in [5, 5.41) is 15.3. The number of nitrogens with zero attached hydrogens (tertiary/aromatic N) is 5. The van der Waals surface area contributed by atoms with Crippen LogP contribution >= 0.6 is 11.8 Å². The van der Waals surface area contributed by atoms with E-state index in [0.717, 1.165) is 16.4 Å². The number of nitrogens with one attached hydrogen (secondary N) is 2. The minimum atomic E-state index is -0.456. The van der Waals surface area contributed by atoms with Crippen LogP contribution in [-0.4, -0.2) is 40.7 Å². The highest BCUT2D eigenvalue weighted by Gasteiger charge is 2.22. The quantitative estimate of drug-likeness (QED) is 0.376. The van der Waals surface area contributed by atoms with Crippen LogP contribution in [0.5, 0.6) is 0 Å². The first-order chi connectivity index (χ1) is 16.0. The van der Waals surface area contributed by atoms with E-state index in [1.807, 2.05) is 73.1 Å². The molecule has 1 amide bonds. The predicted octanol–water partition coefficient (Wildman–Crippen LogP) is 3.50. The lowest BCUT2D eigenvalue weighted by molar-refractivity contribution is -0.115. The number of thioether (sulfide) groups is 1. The van der Waals surface area contributed by atoms with Crippen molar-refractivity contribution >= 4 is 45.6 Å². The molecule has 3 heterocycles. The number of benzene rings is 2. The third-order valence-electron chi connectivity index (χ3n) is 5.39. The van der Waals surface area contributed by atoms with Crippen LogP contribution in [0.3, 0.4) is 0 Å². The number of aromatic nitrogens is 6. The maximum absolute atomic E-state index is 12.9. The summed E-state index contributed by atoms with van der Waals surface area (Å²) in [6.07, 6.45) is 0.552. The smallest absolute Gasteiger partial charge is 0.273 e. The van der Waals surface area contributed by atoms with Crippen molar-refractivity contribution < 1.29 is 4.79 Å². The molecule has 1 atom stereocenters. The van der Waals surface area contributed by atoms with Gasteiger partial charge < -0.3 is 9.88 Å². The molecule has 33 heavy (non-hydrogen) atoms. The fourth-order valence-electron chi connectivity index (χ4n) is 3.73. The molecular formula is C23H21N7O2S. The van der Waals surface area contributed by atoms with Crippen LogP contribution in [0.25, 0.3) is 27.8 Å². The van der Waals surface area contributed by atoms with Gasteiger partial charge in [-0.2, -0.15) is 0 Å². The number of carbonyl (C=O) groups excluding carboxylic acids is 1. The van der Waals surface area contributed by atoms with Crippen molar-refractivity contribution in [1.82, 2.24) is 29.5 Å². The van der Waals surface area contributed by atoms with Crippen LogP contribution in [0.4, 0.5) is 5.82 Å².